The lowest BCUT2D eigenvalue weighted by Crippen LogP contribution is -2.30. The molecule has 7 heteroatoms. The molecular formula is C13H10ClN3O3. The van der Waals surface area contributed by atoms with Gasteiger partial charge in [0.25, 0.3) is 5.91 Å². The number of benzene rings is 1. The lowest BCUT2D eigenvalue weighted by atomic mass is 10.2. The first-order valence-corrected chi connectivity index (χ1v) is 5.94. The van der Waals surface area contributed by atoms with Crippen LogP contribution < -0.4 is 16.0 Å². The van der Waals surface area contributed by atoms with Crippen molar-refractivity contribution in [3.05, 3.63) is 52.4 Å². The summed E-state index contributed by atoms with van der Waals surface area (Å²) in [6.45, 7) is -0.0230. The van der Waals surface area contributed by atoms with E-state index in [9.17, 15) is 4.79 Å². The number of hydrogen-bond acceptors (Lipinski definition) is 5. The standard InChI is InChI=1S/C13H10ClN3O3/c14-10-2-1-3-11(9(10)6-15)20-7-12-8(4-5-19-12)13(18)17-16/h1-5H,7,16H2,(H,17,18). The fourth-order valence-electron chi connectivity index (χ4n) is 1.61. The first kappa shape index (κ1) is 13.9. The van der Waals surface area contributed by atoms with Crippen LogP contribution in [-0.2, 0) is 6.61 Å². The Kier molecular flexibility index (Phi) is 4.25. The van der Waals surface area contributed by atoms with E-state index in [1.54, 1.807) is 18.2 Å². The number of hydrazine groups is 1. The van der Waals surface area contributed by atoms with Crippen molar-refractivity contribution in [2.24, 2.45) is 5.84 Å². The van der Waals surface area contributed by atoms with E-state index >= 15 is 0 Å². The highest BCUT2D eigenvalue weighted by atomic mass is 35.5. The minimum atomic E-state index is -0.482. The van der Waals surface area contributed by atoms with Gasteiger partial charge in [-0.2, -0.15) is 5.26 Å². The molecule has 2 rings (SSSR count). The van der Waals surface area contributed by atoms with E-state index in [4.69, 9.17) is 31.9 Å². The van der Waals surface area contributed by atoms with E-state index in [0.717, 1.165) is 0 Å². The number of rotatable bonds is 4. The molecule has 0 radical (unpaired) electrons. The van der Waals surface area contributed by atoms with Crippen molar-refractivity contribution >= 4 is 17.5 Å². The molecule has 0 atom stereocenters. The van der Waals surface area contributed by atoms with Crippen LogP contribution in [0.4, 0.5) is 0 Å². The minimum absolute atomic E-state index is 0.0230. The van der Waals surface area contributed by atoms with Gasteiger partial charge in [0.15, 0.2) is 5.76 Å². The molecule has 3 N–H and O–H groups in total. The lowest BCUT2D eigenvalue weighted by molar-refractivity contribution is 0.0949. The highest BCUT2D eigenvalue weighted by Crippen LogP contribution is 2.26. The average molecular weight is 292 g/mol. The third-order valence-corrected chi connectivity index (χ3v) is 2.88. The van der Waals surface area contributed by atoms with Gasteiger partial charge in [0.2, 0.25) is 0 Å². The molecule has 0 aliphatic rings. The van der Waals surface area contributed by atoms with E-state index in [0.29, 0.717) is 16.5 Å². The van der Waals surface area contributed by atoms with Gasteiger partial charge >= 0.3 is 0 Å². The van der Waals surface area contributed by atoms with Crippen LogP contribution in [0.3, 0.4) is 0 Å². The molecule has 1 heterocycles. The number of amides is 1. The SMILES string of the molecule is N#Cc1c(Cl)cccc1OCc1occc1C(=O)NN. The molecule has 20 heavy (non-hydrogen) atoms. The number of halogens is 1. The Morgan fingerprint density at radius 2 is 2.30 bits per heavy atom. The van der Waals surface area contributed by atoms with E-state index in [-0.39, 0.29) is 17.7 Å². The predicted octanol–water partition coefficient (Wildman–Crippen LogP) is 1.99. The van der Waals surface area contributed by atoms with Gasteiger partial charge in [0.05, 0.1) is 16.8 Å². The number of nitrogens with two attached hydrogens (primary N) is 1. The van der Waals surface area contributed by atoms with Crippen molar-refractivity contribution < 1.29 is 13.9 Å². The van der Waals surface area contributed by atoms with Crippen LogP contribution in [0.2, 0.25) is 5.02 Å². The van der Waals surface area contributed by atoms with Gasteiger partial charge in [-0.15, -0.1) is 0 Å². The molecule has 6 nitrogen and oxygen atoms in total. The van der Waals surface area contributed by atoms with Gasteiger partial charge in [-0.3, -0.25) is 10.2 Å². The van der Waals surface area contributed by atoms with Gasteiger partial charge in [0.1, 0.15) is 24.0 Å². The van der Waals surface area contributed by atoms with Crippen molar-refractivity contribution in [2.45, 2.75) is 6.61 Å². The zero-order valence-electron chi connectivity index (χ0n) is 10.2. The van der Waals surface area contributed by atoms with Crippen molar-refractivity contribution in [3.63, 3.8) is 0 Å². The fourth-order valence-corrected chi connectivity index (χ4v) is 1.82. The number of furan rings is 1. The summed E-state index contributed by atoms with van der Waals surface area (Å²) in [5.74, 6) is 5.20. The van der Waals surface area contributed by atoms with E-state index in [1.165, 1.54) is 12.3 Å². The summed E-state index contributed by atoms with van der Waals surface area (Å²) >= 11 is 5.89. The van der Waals surface area contributed by atoms with Crippen molar-refractivity contribution in [1.82, 2.24) is 5.43 Å². The van der Waals surface area contributed by atoms with Crippen LogP contribution in [0.5, 0.6) is 5.75 Å². The highest BCUT2D eigenvalue weighted by Gasteiger charge is 2.15. The summed E-state index contributed by atoms with van der Waals surface area (Å²) in [5.41, 5.74) is 2.51. The number of carbonyl (C=O) groups is 1. The summed E-state index contributed by atoms with van der Waals surface area (Å²) in [6.07, 6.45) is 1.35. The first-order chi connectivity index (χ1) is 9.67. The van der Waals surface area contributed by atoms with Crippen molar-refractivity contribution in [3.8, 4) is 11.8 Å². The van der Waals surface area contributed by atoms with Crippen LogP contribution >= 0.6 is 11.6 Å². The molecule has 0 spiro atoms. The third-order valence-electron chi connectivity index (χ3n) is 2.57. The Morgan fingerprint density at radius 3 is 3.00 bits per heavy atom. The molecule has 0 bridgehead atoms. The second kappa shape index (κ2) is 6.10. The van der Waals surface area contributed by atoms with Crippen LogP contribution in [0.15, 0.2) is 34.9 Å². The maximum atomic E-state index is 11.5. The fraction of sp³-hybridized carbons (Fsp3) is 0.0769. The molecule has 0 aliphatic heterocycles. The van der Waals surface area contributed by atoms with Gasteiger partial charge in [-0.25, -0.2) is 5.84 Å². The minimum Gasteiger partial charge on any atom is -0.484 e. The number of nitrogens with one attached hydrogen (secondary N) is 1. The summed E-state index contributed by atoms with van der Waals surface area (Å²) in [6, 6.07) is 8.29. The number of nitrogen functional groups attached to an aromatic ring is 1. The first-order valence-electron chi connectivity index (χ1n) is 5.56. The molecule has 1 amide bonds. The maximum absolute atomic E-state index is 11.5. The summed E-state index contributed by atoms with van der Waals surface area (Å²) < 4.78 is 10.6. The molecule has 102 valence electrons. The Balaban J connectivity index is 2.18. The van der Waals surface area contributed by atoms with E-state index in [1.807, 2.05) is 11.5 Å². The Bertz CT molecular complexity index is 676. The second-order valence-corrected chi connectivity index (χ2v) is 4.15. The van der Waals surface area contributed by atoms with E-state index in [2.05, 4.69) is 0 Å². The summed E-state index contributed by atoms with van der Waals surface area (Å²) in [4.78, 5) is 11.5. The number of ether oxygens (including phenoxy) is 1. The Morgan fingerprint density at radius 1 is 1.50 bits per heavy atom. The molecule has 0 aliphatic carbocycles. The molecule has 1 aromatic carbocycles. The quantitative estimate of drug-likeness (QED) is 0.509. The number of carbonyl (C=O) groups excluding carboxylic acids is 1. The third kappa shape index (κ3) is 2.74. The Hall–Kier alpha value is -2.49. The zero-order chi connectivity index (χ0) is 14.5. The maximum Gasteiger partial charge on any atom is 0.268 e. The lowest BCUT2D eigenvalue weighted by Gasteiger charge is -2.08. The molecule has 0 unspecified atom stereocenters. The monoisotopic (exact) mass is 291 g/mol. The molecule has 0 saturated heterocycles. The topological polar surface area (TPSA) is 101 Å². The van der Waals surface area contributed by atoms with Crippen molar-refractivity contribution in [2.75, 3.05) is 0 Å². The number of nitrogens with zero attached hydrogens (tertiary/aromatic N) is 1. The molecule has 2 aromatic rings. The van der Waals surface area contributed by atoms with Crippen LogP contribution in [-0.4, -0.2) is 5.91 Å². The molecule has 0 saturated carbocycles. The molecular weight excluding hydrogens is 282 g/mol. The predicted molar refractivity (Wildman–Crippen MR) is 70.9 cm³/mol. The van der Waals surface area contributed by atoms with Crippen molar-refractivity contribution in [1.29, 1.82) is 5.26 Å². The number of hydrogen-bond donors (Lipinski definition) is 2. The van der Waals surface area contributed by atoms with Gasteiger partial charge in [-0.05, 0) is 18.2 Å². The van der Waals surface area contributed by atoms with Crippen LogP contribution in [0.1, 0.15) is 21.7 Å². The normalized spacial score (nSPS) is 9.85. The largest absolute Gasteiger partial charge is 0.484 e. The van der Waals surface area contributed by atoms with Gasteiger partial charge in [0, 0.05) is 0 Å². The highest BCUT2D eigenvalue weighted by molar-refractivity contribution is 6.31. The average Bonchev–Trinajstić information content (AvgIpc) is 2.92. The number of nitriles is 1. The molecule has 1 aromatic heterocycles. The molecule has 0 fully saturated rings. The Labute approximate surface area is 119 Å². The zero-order valence-corrected chi connectivity index (χ0v) is 11.0. The van der Waals surface area contributed by atoms with E-state index < -0.39 is 5.91 Å². The van der Waals surface area contributed by atoms with Gasteiger partial charge < -0.3 is 9.15 Å². The van der Waals surface area contributed by atoms with Crippen LogP contribution in [0, 0.1) is 11.3 Å². The summed E-state index contributed by atoms with van der Waals surface area (Å²) in [5, 5.41) is 9.31. The second-order valence-electron chi connectivity index (χ2n) is 3.74. The van der Waals surface area contributed by atoms with Gasteiger partial charge in [-0.1, -0.05) is 17.7 Å². The summed E-state index contributed by atoms with van der Waals surface area (Å²) in [7, 11) is 0. The van der Waals surface area contributed by atoms with Crippen LogP contribution in [0.25, 0.3) is 0 Å². The smallest absolute Gasteiger partial charge is 0.268 e.